The van der Waals surface area contributed by atoms with Crippen LogP contribution in [0.15, 0.2) is 84.0 Å². The molecule has 174 valence electrons. The molecule has 0 spiro atoms. The number of hydrogen-bond donors (Lipinski definition) is 3. The predicted octanol–water partition coefficient (Wildman–Crippen LogP) is 4.54. The van der Waals surface area contributed by atoms with Crippen molar-refractivity contribution in [1.29, 1.82) is 0 Å². The fourth-order valence-electron chi connectivity index (χ4n) is 3.22. The Morgan fingerprint density at radius 3 is 2.40 bits per heavy atom. The van der Waals surface area contributed by atoms with Crippen LogP contribution in [-0.2, 0) is 9.59 Å². The first-order valence-electron chi connectivity index (χ1n) is 10.6. The Labute approximate surface area is 206 Å². The summed E-state index contributed by atoms with van der Waals surface area (Å²) in [6.45, 7) is 1.94. The van der Waals surface area contributed by atoms with Gasteiger partial charge >= 0.3 is 11.8 Å². The molecule has 0 bridgehead atoms. The quantitative estimate of drug-likeness (QED) is 0.167. The van der Waals surface area contributed by atoms with E-state index in [1.165, 1.54) is 12.3 Å². The fraction of sp³-hybridized carbons (Fsp3) is 0.0385. The second-order valence-electron chi connectivity index (χ2n) is 7.58. The van der Waals surface area contributed by atoms with Gasteiger partial charge in [-0.2, -0.15) is 5.10 Å². The number of hydrogen-bond acceptors (Lipinski definition) is 5. The van der Waals surface area contributed by atoms with Gasteiger partial charge in [0.1, 0.15) is 5.15 Å². The van der Waals surface area contributed by atoms with Crippen LogP contribution in [0.5, 0.6) is 0 Å². The number of carbonyl (C=O) groups is 3. The number of rotatable bonds is 5. The molecule has 9 heteroatoms. The average Bonchev–Trinajstić information content (AvgIpc) is 2.86. The number of halogens is 1. The summed E-state index contributed by atoms with van der Waals surface area (Å²) in [5.41, 5.74) is 5.40. The highest BCUT2D eigenvalue weighted by molar-refractivity contribution is 6.40. The van der Waals surface area contributed by atoms with Gasteiger partial charge in [-0.3, -0.25) is 14.4 Å². The van der Waals surface area contributed by atoms with E-state index in [9.17, 15) is 14.4 Å². The highest BCUT2D eigenvalue weighted by Gasteiger charge is 2.18. The van der Waals surface area contributed by atoms with Gasteiger partial charge in [0.2, 0.25) is 0 Å². The second kappa shape index (κ2) is 10.6. The maximum Gasteiger partial charge on any atom is 0.329 e. The van der Waals surface area contributed by atoms with E-state index >= 15 is 0 Å². The molecule has 0 aliphatic rings. The molecule has 4 aromatic rings. The summed E-state index contributed by atoms with van der Waals surface area (Å²) < 4.78 is 0. The topological polar surface area (TPSA) is 113 Å². The third-order valence-electron chi connectivity index (χ3n) is 5.01. The zero-order valence-electron chi connectivity index (χ0n) is 18.6. The first kappa shape index (κ1) is 23.6. The Kier molecular flexibility index (Phi) is 7.13. The Hall–Kier alpha value is -4.56. The average molecular weight is 486 g/mol. The third-order valence-corrected chi connectivity index (χ3v) is 5.31. The lowest BCUT2D eigenvalue weighted by atomic mass is 10.1. The van der Waals surface area contributed by atoms with Crippen molar-refractivity contribution in [1.82, 2.24) is 10.4 Å². The number of amides is 3. The van der Waals surface area contributed by atoms with Crippen LogP contribution in [0.3, 0.4) is 0 Å². The maximum atomic E-state index is 12.7. The number of hydrazone groups is 1. The lowest BCUT2D eigenvalue weighted by Gasteiger charge is -2.11. The minimum Gasteiger partial charge on any atom is -0.322 e. The van der Waals surface area contributed by atoms with Crippen molar-refractivity contribution in [2.24, 2.45) is 5.10 Å². The monoisotopic (exact) mass is 485 g/mol. The van der Waals surface area contributed by atoms with E-state index in [1.807, 2.05) is 43.3 Å². The number of nitrogens with zero attached hydrogens (tertiary/aromatic N) is 2. The molecular formula is C26H20ClN5O3. The van der Waals surface area contributed by atoms with Crippen LogP contribution in [-0.4, -0.2) is 28.9 Å². The molecule has 0 saturated carbocycles. The van der Waals surface area contributed by atoms with E-state index in [1.54, 1.807) is 36.4 Å². The van der Waals surface area contributed by atoms with E-state index < -0.39 is 17.7 Å². The third kappa shape index (κ3) is 5.87. The van der Waals surface area contributed by atoms with Gasteiger partial charge in [-0.25, -0.2) is 10.4 Å². The van der Waals surface area contributed by atoms with Crippen LogP contribution in [0.25, 0.3) is 10.9 Å². The molecule has 0 saturated heterocycles. The van der Waals surface area contributed by atoms with Gasteiger partial charge < -0.3 is 10.6 Å². The summed E-state index contributed by atoms with van der Waals surface area (Å²) >= 11 is 6.17. The minimum absolute atomic E-state index is 0.183. The molecule has 0 aliphatic heterocycles. The highest BCUT2D eigenvalue weighted by Crippen LogP contribution is 2.19. The number of benzene rings is 3. The normalized spacial score (nSPS) is 10.8. The van der Waals surface area contributed by atoms with Crippen LogP contribution < -0.4 is 16.1 Å². The Balaban J connectivity index is 1.41. The van der Waals surface area contributed by atoms with Gasteiger partial charge in [-0.05, 0) is 43.3 Å². The van der Waals surface area contributed by atoms with Crippen molar-refractivity contribution in [3.8, 4) is 0 Å². The number of aryl methyl sites for hydroxylation is 1. The first-order valence-corrected chi connectivity index (χ1v) is 11.0. The van der Waals surface area contributed by atoms with Gasteiger partial charge in [0.15, 0.2) is 0 Å². The molecule has 0 fully saturated rings. The molecule has 3 N–H and O–H groups in total. The summed E-state index contributed by atoms with van der Waals surface area (Å²) in [6.07, 6.45) is 1.30. The van der Waals surface area contributed by atoms with Crippen LogP contribution in [0.2, 0.25) is 5.15 Å². The maximum absolute atomic E-state index is 12.7. The summed E-state index contributed by atoms with van der Waals surface area (Å²) in [5.74, 6) is -2.43. The van der Waals surface area contributed by atoms with Crippen molar-refractivity contribution < 1.29 is 14.4 Å². The Morgan fingerprint density at radius 1 is 0.886 bits per heavy atom. The second-order valence-corrected chi connectivity index (χ2v) is 7.94. The van der Waals surface area contributed by atoms with E-state index in [-0.39, 0.29) is 16.4 Å². The number of pyridine rings is 1. The minimum atomic E-state index is -1.01. The number of carbonyl (C=O) groups excluding carboxylic acids is 3. The van der Waals surface area contributed by atoms with Gasteiger partial charge in [-0.15, -0.1) is 0 Å². The highest BCUT2D eigenvalue weighted by atomic mass is 35.5. The lowest BCUT2D eigenvalue weighted by Crippen LogP contribution is -2.33. The number of nitrogens with one attached hydrogen (secondary N) is 3. The summed E-state index contributed by atoms with van der Waals surface area (Å²) in [7, 11) is 0. The zero-order chi connectivity index (χ0) is 24.8. The molecule has 0 radical (unpaired) electrons. The summed E-state index contributed by atoms with van der Waals surface area (Å²) in [6, 6.07) is 22.8. The van der Waals surface area contributed by atoms with Crippen molar-refractivity contribution in [3.05, 3.63) is 101 Å². The lowest BCUT2D eigenvalue weighted by molar-refractivity contribution is -0.136. The van der Waals surface area contributed by atoms with E-state index in [0.717, 1.165) is 16.5 Å². The van der Waals surface area contributed by atoms with Crippen LogP contribution in [0, 0.1) is 6.92 Å². The van der Waals surface area contributed by atoms with E-state index in [4.69, 9.17) is 11.6 Å². The van der Waals surface area contributed by atoms with Crippen molar-refractivity contribution in [3.63, 3.8) is 0 Å². The standard InChI is InChI=1S/C26H20ClN5O3/c1-16-10-12-19(13-11-16)29-24(33)20-7-3-5-9-22(20)31-25(34)26(35)32-28-15-18-14-17-6-2-4-8-21(17)30-23(18)27/h2-15H,1H3,(H,29,33)(H,31,34)(H,32,35)/b28-15+. The van der Waals surface area contributed by atoms with Crippen molar-refractivity contribution in [2.45, 2.75) is 6.92 Å². The van der Waals surface area contributed by atoms with Gasteiger partial charge in [0, 0.05) is 16.6 Å². The zero-order valence-corrected chi connectivity index (χ0v) is 19.3. The van der Waals surface area contributed by atoms with Crippen molar-refractivity contribution >= 4 is 57.8 Å². The first-order chi connectivity index (χ1) is 16.9. The number of fused-ring (bicyclic) bond motifs is 1. The van der Waals surface area contributed by atoms with Crippen LogP contribution in [0.4, 0.5) is 11.4 Å². The molecule has 0 aliphatic carbocycles. The molecule has 1 aromatic heterocycles. The smallest absolute Gasteiger partial charge is 0.322 e. The molecule has 0 unspecified atom stereocenters. The largest absolute Gasteiger partial charge is 0.329 e. The summed E-state index contributed by atoms with van der Waals surface area (Å²) in [4.78, 5) is 41.6. The SMILES string of the molecule is Cc1ccc(NC(=O)c2ccccc2NC(=O)C(=O)N/N=C/c2cc3ccccc3nc2Cl)cc1. The Bertz CT molecular complexity index is 1450. The molecule has 8 nitrogen and oxygen atoms in total. The van der Waals surface area contributed by atoms with Gasteiger partial charge in [0.05, 0.1) is 23.0 Å². The van der Waals surface area contributed by atoms with Crippen LogP contribution in [0.1, 0.15) is 21.5 Å². The molecule has 4 rings (SSSR count). The number of aromatic nitrogens is 1. The molecule has 0 atom stereocenters. The van der Waals surface area contributed by atoms with Crippen molar-refractivity contribution in [2.75, 3.05) is 10.6 Å². The molecular weight excluding hydrogens is 466 g/mol. The molecule has 3 amide bonds. The Morgan fingerprint density at radius 2 is 1.60 bits per heavy atom. The van der Waals surface area contributed by atoms with E-state index in [0.29, 0.717) is 11.3 Å². The van der Waals surface area contributed by atoms with Gasteiger partial charge in [0.25, 0.3) is 5.91 Å². The van der Waals surface area contributed by atoms with Crippen LogP contribution >= 0.6 is 11.6 Å². The predicted molar refractivity (Wildman–Crippen MR) is 137 cm³/mol. The molecule has 3 aromatic carbocycles. The number of anilines is 2. The molecule has 1 heterocycles. The fourth-order valence-corrected chi connectivity index (χ4v) is 3.41. The summed E-state index contributed by atoms with van der Waals surface area (Å²) in [5, 5.41) is 10.1. The molecule has 35 heavy (non-hydrogen) atoms. The number of para-hydroxylation sites is 2. The van der Waals surface area contributed by atoms with E-state index in [2.05, 4.69) is 26.1 Å². The van der Waals surface area contributed by atoms with Gasteiger partial charge in [-0.1, -0.05) is 59.6 Å².